The minimum absolute atomic E-state index is 0.0965. The van der Waals surface area contributed by atoms with Gasteiger partial charge in [0.15, 0.2) is 0 Å². The van der Waals surface area contributed by atoms with E-state index >= 15 is 0 Å². The predicted octanol–water partition coefficient (Wildman–Crippen LogP) is 1.90. The Bertz CT molecular complexity index is 308. The maximum Gasteiger partial charge on any atom is 0.327 e. The second-order valence-electron chi connectivity index (χ2n) is 6.95. The van der Waals surface area contributed by atoms with Crippen LogP contribution in [-0.4, -0.2) is 50.2 Å². The van der Waals surface area contributed by atoms with E-state index in [9.17, 15) is 4.79 Å². The van der Waals surface area contributed by atoms with E-state index in [0.29, 0.717) is 19.1 Å². The third-order valence-corrected chi connectivity index (χ3v) is 3.62. The summed E-state index contributed by atoms with van der Waals surface area (Å²) in [5, 5.41) is 3.26. The van der Waals surface area contributed by atoms with Crippen molar-refractivity contribution in [2.75, 3.05) is 33.8 Å². The molecule has 0 saturated heterocycles. The molecule has 0 heterocycles. The van der Waals surface area contributed by atoms with E-state index in [1.165, 1.54) is 0 Å². The fraction of sp³-hybridized carbons (Fsp3) is 0.933. The quantitative estimate of drug-likeness (QED) is 0.717. The Morgan fingerprint density at radius 2 is 1.89 bits per heavy atom. The summed E-state index contributed by atoms with van der Waals surface area (Å²) in [5.74, 6) is 0.319. The molecule has 0 spiro atoms. The van der Waals surface area contributed by atoms with Gasteiger partial charge < -0.3 is 15.0 Å². The Hall–Kier alpha value is -0.610. The lowest BCUT2D eigenvalue weighted by atomic mass is 9.90. The molecule has 0 bridgehead atoms. The van der Waals surface area contributed by atoms with Gasteiger partial charge in [-0.05, 0) is 45.2 Å². The fourth-order valence-electron chi connectivity index (χ4n) is 2.87. The van der Waals surface area contributed by atoms with E-state index in [0.717, 1.165) is 19.4 Å². The number of hydrogen-bond donors (Lipinski definition) is 1. The highest BCUT2D eigenvalue weighted by Gasteiger charge is 2.51. The lowest BCUT2D eigenvalue weighted by molar-refractivity contribution is -0.153. The third-order valence-electron chi connectivity index (χ3n) is 3.62. The van der Waals surface area contributed by atoms with E-state index in [1.807, 2.05) is 14.0 Å². The molecule has 1 atom stereocenters. The van der Waals surface area contributed by atoms with Gasteiger partial charge in [-0.25, -0.2) is 4.79 Å². The minimum Gasteiger partial charge on any atom is -0.465 e. The molecule has 1 saturated carbocycles. The van der Waals surface area contributed by atoms with Crippen molar-refractivity contribution in [3.05, 3.63) is 0 Å². The van der Waals surface area contributed by atoms with Crippen LogP contribution in [-0.2, 0) is 9.53 Å². The van der Waals surface area contributed by atoms with Crippen molar-refractivity contribution in [1.29, 1.82) is 0 Å². The van der Waals surface area contributed by atoms with Gasteiger partial charge in [-0.1, -0.05) is 20.8 Å². The van der Waals surface area contributed by atoms with E-state index in [-0.39, 0.29) is 11.4 Å². The topological polar surface area (TPSA) is 41.6 Å². The maximum absolute atomic E-state index is 12.4. The third kappa shape index (κ3) is 4.46. The van der Waals surface area contributed by atoms with Crippen LogP contribution >= 0.6 is 0 Å². The Morgan fingerprint density at radius 3 is 2.26 bits per heavy atom. The summed E-state index contributed by atoms with van der Waals surface area (Å²) in [7, 11) is 3.96. The molecule has 0 radical (unpaired) electrons. The zero-order chi connectivity index (χ0) is 14.7. The number of esters is 1. The molecule has 1 aliphatic rings. The molecule has 1 fully saturated rings. The summed E-state index contributed by atoms with van der Waals surface area (Å²) in [4.78, 5) is 14.6. The average Bonchev–Trinajstić information content (AvgIpc) is 3.07. The monoisotopic (exact) mass is 270 g/mol. The summed E-state index contributed by atoms with van der Waals surface area (Å²) in [6, 6.07) is 0. The average molecular weight is 270 g/mol. The molecule has 0 aliphatic heterocycles. The highest BCUT2D eigenvalue weighted by atomic mass is 16.5. The van der Waals surface area contributed by atoms with Crippen LogP contribution in [0.4, 0.5) is 0 Å². The van der Waals surface area contributed by atoms with Crippen molar-refractivity contribution in [3.63, 3.8) is 0 Å². The number of carbonyl (C=O) groups excluding carboxylic acids is 1. The number of rotatable bonds is 7. The molecular formula is C15H30N2O2. The molecule has 1 aliphatic carbocycles. The summed E-state index contributed by atoms with van der Waals surface area (Å²) in [6.45, 7) is 10.6. The van der Waals surface area contributed by atoms with Gasteiger partial charge in [0.2, 0.25) is 0 Å². The number of ether oxygens (including phenoxy) is 1. The molecular weight excluding hydrogens is 240 g/mol. The van der Waals surface area contributed by atoms with E-state index in [1.54, 1.807) is 0 Å². The van der Waals surface area contributed by atoms with E-state index in [2.05, 4.69) is 38.0 Å². The molecule has 1 rings (SSSR count). The number of likely N-dealkylation sites (N-methyl/N-ethyl adjacent to an activating group) is 2. The van der Waals surface area contributed by atoms with Crippen molar-refractivity contribution in [2.24, 2.45) is 11.3 Å². The Labute approximate surface area is 117 Å². The lowest BCUT2D eigenvalue weighted by Gasteiger charge is -2.37. The molecule has 4 heteroatoms. The van der Waals surface area contributed by atoms with Crippen LogP contribution in [0.3, 0.4) is 0 Å². The second-order valence-corrected chi connectivity index (χ2v) is 6.95. The number of carbonyl (C=O) groups is 1. The molecule has 19 heavy (non-hydrogen) atoms. The number of hydrogen-bond acceptors (Lipinski definition) is 4. The van der Waals surface area contributed by atoms with Gasteiger partial charge in [0.1, 0.15) is 5.54 Å². The Kier molecular flexibility index (Phi) is 5.39. The molecule has 4 nitrogen and oxygen atoms in total. The van der Waals surface area contributed by atoms with Crippen LogP contribution < -0.4 is 5.32 Å². The van der Waals surface area contributed by atoms with Crippen molar-refractivity contribution in [2.45, 2.75) is 46.1 Å². The Morgan fingerprint density at radius 1 is 1.32 bits per heavy atom. The minimum atomic E-state index is -0.532. The molecule has 1 unspecified atom stereocenters. The largest absolute Gasteiger partial charge is 0.465 e. The van der Waals surface area contributed by atoms with Crippen molar-refractivity contribution in [1.82, 2.24) is 10.2 Å². The highest BCUT2D eigenvalue weighted by molar-refractivity contribution is 5.82. The standard InChI is InChI=1S/C15H30N2O2/c1-7-19-13(18)15(16-5,12-8-9-12)11-17(6)10-14(2,3)4/h12,16H,7-11H2,1-6H3. The van der Waals surface area contributed by atoms with E-state index < -0.39 is 5.54 Å². The number of nitrogens with zero attached hydrogens (tertiary/aromatic N) is 1. The van der Waals surface area contributed by atoms with Gasteiger partial charge in [-0.15, -0.1) is 0 Å². The Balaban J connectivity index is 2.77. The summed E-state index contributed by atoms with van der Waals surface area (Å²) in [6.07, 6.45) is 2.23. The maximum atomic E-state index is 12.4. The van der Waals surface area contributed by atoms with Crippen LogP contribution in [0.1, 0.15) is 40.5 Å². The molecule has 112 valence electrons. The number of nitrogens with one attached hydrogen (secondary N) is 1. The summed E-state index contributed by atoms with van der Waals surface area (Å²) in [5.41, 5.74) is -0.303. The van der Waals surface area contributed by atoms with Gasteiger partial charge in [0.05, 0.1) is 6.61 Å². The van der Waals surface area contributed by atoms with Crippen LogP contribution in [0.15, 0.2) is 0 Å². The van der Waals surface area contributed by atoms with Gasteiger partial charge >= 0.3 is 5.97 Å². The SMILES string of the molecule is CCOC(=O)C(CN(C)CC(C)(C)C)(NC)C1CC1. The van der Waals surface area contributed by atoms with E-state index in [4.69, 9.17) is 4.74 Å². The smallest absolute Gasteiger partial charge is 0.327 e. The second kappa shape index (κ2) is 6.23. The first-order valence-electron chi connectivity index (χ1n) is 7.30. The summed E-state index contributed by atoms with van der Waals surface area (Å²) >= 11 is 0. The predicted molar refractivity (Wildman–Crippen MR) is 78.1 cm³/mol. The molecule has 0 aromatic rings. The zero-order valence-electron chi connectivity index (χ0n) is 13.4. The molecule has 0 aromatic carbocycles. The molecule has 1 N–H and O–H groups in total. The zero-order valence-corrected chi connectivity index (χ0v) is 13.4. The van der Waals surface area contributed by atoms with Gasteiger partial charge in [0.25, 0.3) is 0 Å². The van der Waals surface area contributed by atoms with Crippen molar-refractivity contribution >= 4 is 5.97 Å². The van der Waals surface area contributed by atoms with Gasteiger partial charge in [-0.3, -0.25) is 0 Å². The first kappa shape index (κ1) is 16.4. The van der Waals surface area contributed by atoms with Crippen molar-refractivity contribution in [3.8, 4) is 0 Å². The highest BCUT2D eigenvalue weighted by Crippen LogP contribution is 2.41. The van der Waals surface area contributed by atoms with Gasteiger partial charge in [0, 0.05) is 13.1 Å². The fourth-order valence-corrected chi connectivity index (χ4v) is 2.87. The van der Waals surface area contributed by atoms with Crippen LogP contribution in [0.5, 0.6) is 0 Å². The van der Waals surface area contributed by atoms with Crippen LogP contribution in [0, 0.1) is 11.3 Å². The molecule has 0 aromatic heterocycles. The normalized spacial score (nSPS) is 19.3. The molecule has 0 amide bonds. The summed E-state index contributed by atoms with van der Waals surface area (Å²) < 4.78 is 5.30. The van der Waals surface area contributed by atoms with Gasteiger partial charge in [-0.2, -0.15) is 0 Å². The van der Waals surface area contributed by atoms with Crippen molar-refractivity contribution < 1.29 is 9.53 Å². The first-order chi connectivity index (χ1) is 8.75. The first-order valence-corrected chi connectivity index (χ1v) is 7.30. The lowest BCUT2D eigenvalue weighted by Crippen LogP contribution is -2.60. The van der Waals surface area contributed by atoms with Crippen LogP contribution in [0.2, 0.25) is 0 Å². The van der Waals surface area contributed by atoms with Crippen LogP contribution in [0.25, 0.3) is 0 Å².